The zero-order chi connectivity index (χ0) is 13.8. The van der Waals surface area contributed by atoms with Crippen LogP contribution in [0, 0.1) is 5.92 Å². The second-order valence-electron chi connectivity index (χ2n) is 4.93. The van der Waals surface area contributed by atoms with Crippen LogP contribution in [0.1, 0.15) is 44.0 Å². The predicted molar refractivity (Wildman–Crippen MR) is 77.9 cm³/mol. The Bertz CT molecular complexity index is 571. The highest BCUT2D eigenvalue weighted by molar-refractivity contribution is 6.09. The SMILES string of the molecule is CCCOc1ccc2[nH]cc(C(=O)C(C)CC)c2c1. The Morgan fingerprint density at radius 2 is 2.16 bits per heavy atom. The lowest BCUT2D eigenvalue weighted by molar-refractivity contribution is 0.0929. The lowest BCUT2D eigenvalue weighted by Gasteiger charge is -2.07. The maximum Gasteiger partial charge on any atom is 0.167 e. The fraction of sp³-hybridized carbons (Fsp3) is 0.438. The van der Waals surface area contributed by atoms with Gasteiger partial charge in [-0.15, -0.1) is 0 Å². The number of carbonyl (C=O) groups excluding carboxylic acids is 1. The van der Waals surface area contributed by atoms with Crippen molar-refractivity contribution in [3.63, 3.8) is 0 Å². The van der Waals surface area contributed by atoms with Gasteiger partial charge in [-0.1, -0.05) is 20.8 Å². The fourth-order valence-corrected chi connectivity index (χ4v) is 2.06. The van der Waals surface area contributed by atoms with E-state index in [0.717, 1.165) is 35.1 Å². The van der Waals surface area contributed by atoms with Crippen LogP contribution in [0.25, 0.3) is 10.9 Å². The van der Waals surface area contributed by atoms with E-state index in [1.807, 2.05) is 38.2 Å². The number of rotatable bonds is 6. The Balaban J connectivity index is 2.37. The van der Waals surface area contributed by atoms with E-state index in [0.29, 0.717) is 6.61 Å². The molecule has 0 aliphatic carbocycles. The van der Waals surface area contributed by atoms with E-state index < -0.39 is 0 Å². The minimum atomic E-state index is 0.0548. The Kier molecular flexibility index (Phi) is 4.25. The topological polar surface area (TPSA) is 42.1 Å². The highest BCUT2D eigenvalue weighted by Gasteiger charge is 2.17. The number of hydrogen-bond acceptors (Lipinski definition) is 2. The summed E-state index contributed by atoms with van der Waals surface area (Å²) in [4.78, 5) is 15.5. The molecule has 19 heavy (non-hydrogen) atoms. The maximum absolute atomic E-state index is 12.3. The molecule has 0 bridgehead atoms. The molecule has 0 saturated carbocycles. The molecule has 3 nitrogen and oxygen atoms in total. The number of H-pyrrole nitrogens is 1. The van der Waals surface area contributed by atoms with Crippen LogP contribution in [0.5, 0.6) is 5.75 Å². The van der Waals surface area contributed by atoms with E-state index in [1.54, 1.807) is 0 Å². The van der Waals surface area contributed by atoms with Crippen molar-refractivity contribution in [3.05, 3.63) is 30.0 Å². The summed E-state index contributed by atoms with van der Waals surface area (Å²) in [5, 5.41) is 0.957. The number of hydrogen-bond donors (Lipinski definition) is 1. The molecule has 1 unspecified atom stereocenters. The number of fused-ring (bicyclic) bond motifs is 1. The first-order valence-electron chi connectivity index (χ1n) is 6.95. The summed E-state index contributed by atoms with van der Waals surface area (Å²) < 4.78 is 5.63. The average Bonchev–Trinajstić information content (AvgIpc) is 2.86. The normalized spacial score (nSPS) is 12.6. The molecule has 2 rings (SSSR count). The molecule has 1 aromatic heterocycles. The van der Waals surface area contributed by atoms with Crippen molar-refractivity contribution in [1.29, 1.82) is 0 Å². The second kappa shape index (κ2) is 5.91. The van der Waals surface area contributed by atoms with E-state index in [1.165, 1.54) is 0 Å². The lowest BCUT2D eigenvalue weighted by Crippen LogP contribution is -2.09. The highest BCUT2D eigenvalue weighted by Crippen LogP contribution is 2.26. The highest BCUT2D eigenvalue weighted by atomic mass is 16.5. The van der Waals surface area contributed by atoms with Crippen LogP contribution in [0.3, 0.4) is 0 Å². The van der Waals surface area contributed by atoms with Crippen LogP contribution in [0.4, 0.5) is 0 Å². The van der Waals surface area contributed by atoms with Crippen molar-refractivity contribution < 1.29 is 9.53 Å². The number of aromatic amines is 1. The molecular weight excluding hydrogens is 238 g/mol. The fourth-order valence-electron chi connectivity index (χ4n) is 2.06. The monoisotopic (exact) mass is 259 g/mol. The third-order valence-corrected chi connectivity index (χ3v) is 3.45. The van der Waals surface area contributed by atoms with Gasteiger partial charge >= 0.3 is 0 Å². The number of Topliss-reactive ketones (excluding diaryl/α,β-unsaturated/α-hetero) is 1. The first-order valence-corrected chi connectivity index (χ1v) is 6.95. The van der Waals surface area contributed by atoms with Gasteiger partial charge in [0.05, 0.1) is 6.61 Å². The van der Waals surface area contributed by atoms with Crippen molar-refractivity contribution in [2.75, 3.05) is 6.61 Å². The van der Waals surface area contributed by atoms with Gasteiger partial charge in [0.1, 0.15) is 5.75 Å². The first-order chi connectivity index (χ1) is 9.17. The molecule has 1 atom stereocenters. The van der Waals surface area contributed by atoms with Gasteiger partial charge in [0.15, 0.2) is 5.78 Å². The Morgan fingerprint density at radius 1 is 1.37 bits per heavy atom. The van der Waals surface area contributed by atoms with Gasteiger partial charge in [0.25, 0.3) is 0 Å². The van der Waals surface area contributed by atoms with Gasteiger partial charge in [-0.05, 0) is 31.0 Å². The number of benzene rings is 1. The molecule has 0 aliphatic rings. The molecule has 3 heteroatoms. The lowest BCUT2D eigenvalue weighted by atomic mass is 9.97. The zero-order valence-corrected chi connectivity index (χ0v) is 11.8. The first kappa shape index (κ1) is 13.7. The molecule has 0 aliphatic heterocycles. The largest absolute Gasteiger partial charge is 0.494 e. The molecule has 0 radical (unpaired) electrons. The number of nitrogens with one attached hydrogen (secondary N) is 1. The number of ether oxygens (including phenoxy) is 1. The summed E-state index contributed by atoms with van der Waals surface area (Å²) in [7, 11) is 0. The van der Waals surface area contributed by atoms with Crippen molar-refractivity contribution >= 4 is 16.7 Å². The van der Waals surface area contributed by atoms with Crippen LogP contribution < -0.4 is 4.74 Å². The molecule has 0 saturated heterocycles. The Morgan fingerprint density at radius 3 is 2.84 bits per heavy atom. The molecule has 1 N–H and O–H groups in total. The van der Waals surface area contributed by atoms with E-state index in [-0.39, 0.29) is 11.7 Å². The maximum atomic E-state index is 12.3. The zero-order valence-electron chi connectivity index (χ0n) is 11.8. The molecule has 0 amide bonds. The van der Waals surface area contributed by atoms with Crippen LogP contribution >= 0.6 is 0 Å². The van der Waals surface area contributed by atoms with Crippen molar-refractivity contribution in [3.8, 4) is 5.75 Å². The van der Waals surface area contributed by atoms with Crippen LogP contribution in [-0.4, -0.2) is 17.4 Å². The molecule has 2 aromatic rings. The van der Waals surface area contributed by atoms with E-state index in [9.17, 15) is 4.79 Å². The molecule has 102 valence electrons. The quantitative estimate of drug-likeness (QED) is 0.790. The van der Waals surface area contributed by atoms with Gasteiger partial charge in [-0.25, -0.2) is 0 Å². The summed E-state index contributed by atoms with van der Waals surface area (Å²) in [6, 6.07) is 5.86. The van der Waals surface area contributed by atoms with Gasteiger partial charge in [0, 0.05) is 28.6 Å². The number of aromatic nitrogens is 1. The summed E-state index contributed by atoms with van der Waals surface area (Å²) >= 11 is 0. The average molecular weight is 259 g/mol. The van der Waals surface area contributed by atoms with Gasteiger partial charge in [-0.2, -0.15) is 0 Å². The summed E-state index contributed by atoms with van der Waals surface area (Å²) in [6.07, 6.45) is 3.64. The summed E-state index contributed by atoms with van der Waals surface area (Å²) in [6.45, 7) is 6.78. The van der Waals surface area contributed by atoms with E-state index >= 15 is 0 Å². The second-order valence-corrected chi connectivity index (χ2v) is 4.93. The third-order valence-electron chi connectivity index (χ3n) is 3.45. The smallest absolute Gasteiger partial charge is 0.167 e. The molecule has 1 heterocycles. The van der Waals surface area contributed by atoms with Gasteiger partial charge in [-0.3, -0.25) is 4.79 Å². The van der Waals surface area contributed by atoms with Crippen molar-refractivity contribution in [2.24, 2.45) is 5.92 Å². The summed E-state index contributed by atoms with van der Waals surface area (Å²) in [5.41, 5.74) is 1.75. The standard InChI is InChI=1S/C16H21NO2/c1-4-8-19-12-6-7-15-13(9-12)14(10-17-15)16(18)11(3)5-2/h6-7,9-11,17H,4-5,8H2,1-3H3. The van der Waals surface area contributed by atoms with E-state index in [2.05, 4.69) is 11.9 Å². The molecular formula is C16H21NO2. The Hall–Kier alpha value is -1.77. The van der Waals surface area contributed by atoms with Crippen LogP contribution in [-0.2, 0) is 0 Å². The molecule has 0 fully saturated rings. The minimum absolute atomic E-state index is 0.0548. The van der Waals surface area contributed by atoms with E-state index in [4.69, 9.17) is 4.74 Å². The van der Waals surface area contributed by atoms with Crippen LogP contribution in [0.15, 0.2) is 24.4 Å². The third kappa shape index (κ3) is 2.80. The number of carbonyl (C=O) groups is 1. The van der Waals surface area contributed by atoms with Gasteiger partial charge < -0.3 is 9.72 Å². The number of ketones is 1. The van der Waals surface area contributed by atoms with Crippen molar-refractivity contribution in [2.45, 2.75) is 33.6 Å². The predicted octanol–water partition coefficient (Wildman–Crippen LogP) is 4.19. The molecule has 1 aromatic carbocycles. The van der Waals surface area contributed by atoms with Crippen molar-refractivity contribution in [1.82, 2.24) is 4.98 Å². The Labute approximate surface area is 114 Å². The van der Waals surface area contributed by atoms with Gasteiger partial charge in [0.2, 0.25) is 0 Å². The molecule has 0 spiro atoms. The van der Waals surface area contributed by atoms with Crippen LogP contribution in [0.2, 0.25) is 0 Å². The summed E-state index contributed by atoms with van der Waals surface area (Å²) in [5.74, 6) is 1.08. The minimum Gasteiger partial charge on any atom is -0.494 e.